The van der Waals surface area contributed by atoms with Crippen molar-refractivity contribution in [3.63, 3.8) is 0 Å². The van der Waals surface area contributed by atoms with Crippen molar-refractivity contribution in [1.29, 1.82) is 0 Å². The maximum Gasteiger partial charge on any atom is 0.251 e. The van der Waals surface area contributed by atoms with Gasteiger partial charge in [0.1, 0.15) is 24.2 Å². The summed E-state index contributed by atoms with van der Waals surface area (Å²) < 4.78 is 11.9. The highest BCUT2D eigenvalue weighted by molar-refractivity contribution is 5.94. The van der Waals surface area contributed by atoms with E-state index in [-0.39, 0.29) is 18.1 Å². The van der Waals surface area contributed by atoms with Crippen LogP contribution in [0.4, 0.5) is 0 Å². The zero-order valence-electron chi connectivity index (χ0n) is 18.5. The lowest BCUT2D eigenvalue weighted by Gasteiger charge is -2.27. The molecule has 3 atom stereocenters. The predicted molar refractivity (Wildman–Crippen MR) is 122 cm³/mol. The largest absolute Gasteiger partial charge is 0.491 e. The molecule has 0 aromatic heterocycles. The van der Waals surface area contributed by atoms with Gasteiger partial charge < -0.3 is 19.9 Å². The lowest BCUT2D eigenvalue weighted by atomic mass is 10.00. The molecule has 2 N–H and O–H groups in total. The molecule has 2 heterocycles. The Labute approximate surface area is 189 Å². The number of likely N-dealkylation sites (tertiary alicyclic amines) is 1. The third-order valence-electron chi connectivity index (χ3n) is 6.80. The second-order valence-electron chi connectivity index (χ2n) is 9.29. The molecule has 2 aromatic rings. The summed E-state index contributed by atoms with van der Waals surface area (Å²) in [6, 6.07) is 13.6. The molecular formula is C26H32N2O4. The first-order chi connectivity index (χ1) is 15.6. The van der Waals surface area contributed by atoms with E-state index >= 15 is 0 Å². The SMILES string of the molecule is O=C(N[C@H]1COc2cc(CN3CCCC3)ccc2C1)c1ccc(O[C@@H]2CCC[C@H]2O)cc1. The first kappa shape index (κ1) is 21.3. The molecule has 1 saturated heterocycles. The van der Waals surface area contributed by atoms with Crippen molar-refractivity contribution in [3.05, 3.63) is 59.2 Å². The second-order valence-corrected chi connectivity index (χ2v) is 9.29. The summed E-state index contributed by atoms with van der Waals surface area (Å²) in [5.41, 5.74) is 3.03. The van der Waals surface area contributed by atoms with E-state index in [1.54, 1.807) is 24.3 Å². The number of fused-ring (bicyclic) bond motifs is 1. The molecule has 0 spiro atoms. The van der Waals surface area contributed by atoms with E-state index in [0.717, 1.165) is 43.5 Å². The number of rotatable bonds is 6. The van der Waals surface area contributed by atoms with E-state index in [1.807, 2.05) is 0 Å². The molecule has 170 valence electrons. The molecule has 0 radical (unpaired) electrons. The van der Waals surface area contributed by atoms with Gasteiger partial charge in [0.05, 0.1) is 12.1 Å². The highest BCUT2D eigenvalue weighted by atomic mass is 16.5. The molecule has 6 nitrogen and oxygen atoms in total. The van der Waals surface area contributed by atoms with Gasteiger partial charge in [0.15, 0.2) is 0 Å². The van der Waals surface area contributed by atoms with Gasteiger partial charge in [0.25, 0.3) is 5.91 Å². The van der Waals surface area contributed by atoms with Crippen LogP contribution in [0, 0.1) is 0 Å². The van der Waals surface area contributed by atoms with Crippen molar-refractivity contribution in [2.75, 3.05) is 19.7 Å². The van der Waals surface area contributed by atoms with Gasteiger partial charge in [0.2, 0.25) is 0 Å². The van der Waals surface area contributed by atoms with Crippen LogP contribution in [0.15, 0.2) is 42.5 Å². The Balaban J connectivity index is 1.15. The van der Waals surface area contributed by atoms with Gasteiger partial charge in [0, 0.05) is 12.1 Å². The fraction of sp³-hybridized carbons (Fsp3) is 0.500. The summed E-state index contributed by atoms with van der Waals surface area (Å²) in [4.78, 5) is 15.2. The first-order valence-electron chi connectivity index (χ1n) is 11.9. The van der Waals surface area contributed by atoms with Crippen LogP contribution in [0.2, 0.25) is 0 Å². The summed E-state index contributed by atoms with van der Waals surface area (Å²) >= 11 is 0. The van der Waals surface area contributed by atoms with Crippen molar-refractivity contribution in [2.24, 2.45) is 0 Å². The summed E-state index contributed by atoms with van der Waals surface area (Å²) in [7, 11) is 0. The van der Waals surface area contributed by atoms with E-state index in [0.29, 0.717) is 17.9 Å². The number of hydrogen-bond donors (Lipinski definition) is 2. The average Bonchev–Trinajstić information content (AvgIpc) is 3.46. The van der Waals surface area contributed by atoms with Gasteiger partial charge in [-0.3, -0.25) is 9.69 Å². The zero-order chi connectivity index (χ0) is 21.9. The van der Waals surface area contributed by atoms with E-state index < -0.39 is 6.10 Å². The van der Waals surface area contributed by atoms with Gasteiger partial charge in [-0.2, -0.15) is 0 Å². The molecule has 2 aromatic carbocycles. The number of aliphatic hydroxyl groups excluding tert-OH is 1. The van der Waals surface area contributed by atoms with Crippen molar-refractivity contribution in [1.82, 2.24) is 10.2 Å². The number of aliphatic hydroxyl groups is 1. The summed E-state index contributed by atoms with van der Waals surface area (Å²) in [5, 5.41) is 13.0. The van der Waals surface area contributed by atoms with Crippen LogP contribution in [0.25, 0.3) is 0 Å². The standard InChI is InChI=1S/C26H32N2O4/c29-23-4-3-5-24(23)32-22-10-8-19(9-11-22)26(30)27-21-15-20-7-6-18(14-25(20)31-17-21)16-28-12-1-2-13-28/h6-11,14,21,23-24,29H,1-5,12-13,15-17H2,(H,27,30)/t21-,23-,24-/m1/s1. The molecule has 1 aliphatic carbocycles. The normalized spacial score (nSPS) is 25.2. The Hall–Kier alpha value is -2.57. The van der Waals surface area contributed by atoms with Gasteiger partial charge in [-0.05, 0) is 93.1 Å². The molecule has 6 heteroatoms. The number of amides is 1. The Morgan fingerprint density at radius 2 is 1.91 bits per heavy atom. The molecule has 2 fully saturated rings. The molecule has 1 amide bonds. The molecule has 2 aliphatic heterocycles. The number of nitrogens with zero attached hydrogens (tertiary/aromatic N) is 1. The monoisotopic (exact) mass is 436 g/mol. The predicted octanol–water partition coefficient (Wildman–Crippen LogP) is 3.31. The van der Waals surface area contributed by atoms with Crippen LogP contribution >= 0.6 is 0 Å². The third kappa shape index (κ3) is 4.92. The molecule has 5 rings (SSSR count). The minimum Gasteiger partial charge on any atom is -0.491 e. The van der Waals surface area contributed by atoms with Gasteiger partial charge in [-0.15, -0.1) is 0 Å². The summed E-state index contributed by atoms with van der Waals surface area (Å²) in [6.45, 7) is 3.83. The smallest absolute Gasteiger partial charge is 0.251 e. The van der Waals surface area contributed by atoms with Crippen LogP contribution < -0.4 is 14.8 Å². The van der Waals surface area contributed by atoms with Crippen molar-refractivity contribution >= 4 is 5.91 Å². The number of nitrogens with one attached hydrogen (secondary N) is 1. The number of ether oxygens (including phenoxy) is 2. The topological polar surface area (TPSA) is 71.0 Å². The molecule has 3 aliphatic rings. The number of hydrogen-bond acceptors (Lipinski definition) is 5. The van der Waals surface area contributed by atoms with Crippen molar-refractivity contribution < 1.29 is 19.4 Å². The Bertz CT molecular complexity index is 939. The number of carbonyl (C=O) groups excluding carboxylic acids is 1. The maximum atomic E-state index is 12.7. The van der Waals surface area contributed by atoms with Crippen LogP contribution in [0.5, 0.6) is 11.5 Å². The van der Waals surface area contributed by atoms with Crippen LogP contribution in [0.3, 0.4) is 0 Å². The van der Waals surface area contributed by atoms with Crippen LogP contribution in [0.1, 0.15) is 53.6 Å². The van der Waals surface area contributed by atoms with Gasteiger partial charge in [-0.1, -0.05) is 12.1 Å². The Morgan fingerprint density at radius 3 is 2.66 bits per heavy atom. The highest BCUT2D eigenvalue weighted by Gasteiger charge is 2.27. The van der Waals surface area contributed by atoms with Crippen molar-refractivity contribution in [3.8, 4) is 11.5 Å². The molecule has 0 bridgehead atoms. The van der Waals surface area contributed by atoms with Crippen molar-refractivity contribution in [2.45, 2.75) is 63.3 Å². The lowest BCUT2D eigenvalue weighted by molar-refractivity contribution is 0.0604. The minimum atomic E-state index is -0.400. The van der Waals surface area contributed by atoms with E-state index in [9.17, 15) is 9.90 Å². The fourth-order valence-corrected chi connectivity index (χ4v) is 4.98. The van der Waals surface area contributed by atoms with Crippen LogP contribution in [-0.2, 0) is 13.0 Å². The van der Waals surface area contributed by atoms with E-state index in [1.165, 1.54) is 31.5 Å². The first-order valence-corrected chi connectivity index (χ1v) is 11.9. The third-order valence-corrected chi connectivity index (χ3v) is 6.80. The molecule has 1 saturated carbocycles. The van der Waals surface area contributed by atoms with Crippen LogP contribution in [-0.4, -0.2) is 53.9 Å². The Kier molecular flexibility index (Phi) is 6.32. The van der Waals surface area contributed by atoms with Gasteiger partial charge >= 0.3 is 0 Å². The zero-order valence-corrected chi connectivity index (χ0v) is 18.5. The fourth-order valence-electron chi connectivity index (χ4n) is 4.98. The quantitative estimate of drug-likeness (QED) is 0.727. The molecule has 0 unspecified atom stereocenters. The number of carbonyl (C=O) groups is 1. The molecule has 32 heavy (non-hydrogen) atoms. The summed E-state index contributed by atoms with van der Waals surface area (Å²) in [5.74, 6) is 1.52. The highest BCUT2D eigenvalue weighted by Crippen LogP contribution is 2.28. The molecular weight excluding hydrogens is 404 g/mol. The Morgan fingerprint density at radius 1 is 1.09 bits per heavy atom. The average molecular weight is 437 g/mol. The number of benzene rings is 2. The lowest BCUT2D eigenvalue weighted by Crippen LogP contribution is -2.42. The minimum absolute atomic E-state index is 0.0519. The van der Waals surface area contributed by atoms with E-state index in [4.69, 9.17) is 9.47 Å². The maximum absolute atomic E-state index is 12.7. The van der Waals surface area contributed by atoms with E-state index in [2.05, 4.69) is 28.4 Å². The summed E-state index contributed by atoms with van der Waals surface area (Å²) in [6.07, 6.45) is 5.45. The van der Waals surface area contributed by atoms with Gasteiger partial charge in [-0.25, -0.2) is 0 Å². The second kappa shape index (κ2) is 9.51.